The Labute approximate surface area is 208 Å². The van der Waals surface area contributed by atoms with E-state index < -0.39 is 11.2 Å². The van der Waals surface area contributed by atoms with Crippen LogP contribution in [0, 0.1) is 18.3 Å². The average molecular weight is 455 g/mol. The van der Waals surface area contributed by atoms with Gasteiger partial charge in [0.1, 0.15) is 0 Å². The summed E-state index contributed by atoms with van der Waals surface area (Å²) < 4.78 is 5.94. The zero-order valence-corrected chi connectivity index (χ0v) is 22.4. The first-order valence-electron chi connectivity index (χ1n) is 12.4. The highest BCUT2D eigenvalue weighted by molar-refractivity contribution is 6.47. The van der Waals surface area contributed by atoms with Crippen LogP contribution in [0.15, 0.2) is 36.4 Å². The fourth-order valence-corrected chi connectivity index (χ4v) is 5.02. The SMILES string of the molecule is C#Cc1c(/C=C\C)c(-c2ccc([B]OC(C)(C)C(C)(C)O)cc2)cc2c1[C@@H](CC)C(C)C2(C)C. The molecule has 0 spiro atoms. The minimum Gasteiger partial charge on any atom is -0.427 e. The third-order valence-electron chi connectivity index (χ3n) is 8.32. The molecule has 0 amide bonds. The second-order valence-corrected chi connectivity index (χ2v) is 11.3. The van der Waals surface area contributed by atoms with Crippen molar-refractivity contribution in [2.75, 3.05) is 0 Å². The standard InChI is InChI=1S/C31H40BO2/c1-11-14-25-24(13-3)28-23(12-2)20(4)29(5,6)27(28)19-26(25)21-15-17-22(18-16-21)32-34-31(9,10)30(7,8)33/h3,11,14-20,23,33H,12H2,1-2,4-10H3/b14-11-/t20?,23-/m0/s1. The molecule has 3 rings (SSSR count). The Kier molecular flexibility index (Phi) is 7.28. The van der Waals surface area contributed by atoms with Gasteiger partial charge in [-0.3, -0.25) is 0 Å². The minimum atomic E-state index is -0.957. The van der Waals surface area contributed by atoms with E-state index in [-0.39, 0.29) is 5.41 Å². The van der Waals surface area contributed by atoms with Gasteiger partial charge in [0.05, 0.1) is 11.2 Å². The fraction of sp³-hybridized carbons (Fsp3) is 0.484. The summed E-state index contributed by atoms with van der Waals surface area (Å²) in [6, 6.07) is 10.7. The van der Waals surface area contributed by atoms with E-state index in [0.717, 1.165) is 28.6 Å². The van der Waals surface area contributed by atoms with Crippen LogP contribution in [0.4, 0.5) is 0 Å². The molecule has 0 aliphatic heterocycles. The molecule has 0 heterocycles. The Balaban J connectivity index is 2.07. The summed E-state index contributed by atoms with van der Waals surface area (Å²) in [6.07, 6.45) is 11.5. The van der Waals surface area contributed by atoms with Crippen LogP contribution in [0.5, 0.6) is 0 Å². The maximum absolute atomic E-state index is 10.4. The van der Waals surface area contributed by atoms with Gasteiger partial charge in [-0.05, 0) is 92.2 Å². The molecule has 0 saturated heterocycles. The van der Waals surface area contributed by atoms with Crippen molar-refractivity contribution in [2.45, 2.75) is 91.3 Å². The summed E-state index contributed by atoms with van der Waals surface area (Å²) in [7, 11) is 1.72. The second-order valence-electron chi connectivity index (χ2n) is 11.3. The van der Waals surface area contributed by atoms with Crippen LogP contribution in [-0.4, -0.2) is 23.8 Å². The first-order valence-corrected chi connectivity index (χ1v) is 12.4. The lowest BCUT2D eigenvalue weighted by atomic mass is 9.76. The first kappa shape index (κ1) is 26.3. The van der Waals surface area contributed by atoms with Gasteiger partial charge >= 0.3 is 7.48 Å². The minimum absolute atomic E-state index is 0.0645. The molecule has 0 fully saturated rings. The molecule has 3 heteroatoms. The number of benzene rings is 2. The zero-order chi connectivity index (χ0) is 25.5. The number of aliphatic hydroxyl groups is 1. The van der Waals surface area contributed by atoms with Crippen molar-refractivity contribution < 1.29 is 9.76 Å². The number of fused-ring (bicyclic) bond motifs is 1. The third kappa shape index (κ3) is 4.51. The van der Waals surface area contributed by atoms with E-state index in [1.165, 1.54) is 16.7 Å². The summed E-state index contributed by atoms with van der Waals surface area (Å²) in [5.41, 5.74) is 6.58. The predicted octanol–water partition coefficient (Wildman–Crippen LogP) is 6.60. The average Bonchev–Trinajstić information content (AvgIpc) is 2.96. The Hall–Kier alpha value is -2.28. The van der Waals surface area contributed by atoms with E-state index in [0.29, 0.717) is 11.8 Å². The quantitative estimate of drug-likeness (QED) is 0.377. The predicted molar refractivity (Wildman–Crippen MR) is 147 cm³/mol. The molecule has 1 unspecified atom stereocenters. The molecule has 34 heavy (non-hydrogen) atoms. The zero-order valence-electron chi connectivity index (χ0n) is 22.4. The van der Waals surface area contributed by atoms with Crippen LogP contribution in [0.2, 0.25) is 0 Å². The van der Waals surface area contributed by atoms with E-state index in [9.17, 15) is 5.11 Å². The van der Waals surface area contributed by atoms with Gasteiger partial charge in [0, 0.05) is 5.56 Å². The molecule has 179 valence electrons. The van der Waals surface area contributed by atoms with Gasteiger partial charge in [-0.2, -0.15) is 0 Å². The number of terminal acetylenes is 1. The monoisotopic (exact) mass is 455 g/mol. The van der Waals surface area contributed by atoms with Gasteiger partial charge in [-0.1, -0.05) is 75.5 Å². The molecule has 0 aromatic heterocycles. The summed E-state index contributed by atoms with van der Waals surface area (Å²) in [6.45, 7) is 18.7. The number of rotatable bonds is 7. The Morgan fingerprint density at radius 1 is 1.18 bits per heavy atom. The smallest absolute Gasteiger partial charge is 0.330 e. The summed E-state index contributed by atoms with van der Waals surface area (Å²) >= 11 is 0. The third-order valence-corrected chi connectivity index (χ3v) is 8.32. The van der Waals surface area contributed by atoms with Crippen molar-refractivity contribution >= 4 is 19.0 Å². The number of hydrogen-bond acceptors (Lipinski definition) is 2. The second kappa shape index (κ2) is 9.41. The maximum atomic E-state index is 10.4. The fourth-order valence-electron chi connectivity index (χ4n) is 5.02. The van der Waals surface area contributed by atoms with Crippen molar-refractivity contribution in [1.29, 1.82) is 0 Å². The van der Waals surface area contributed by atoms with Gasteiger partial charge in [-0.15, -0.1) is 6.42 Å². The van der Waals surface area contributed by atoms with E-state index in [2.05, 4.69) is 76.1 Å². The van der Waals surface area contributed by atoms with E-state index >= 15 is 0 Å². The topological polar surface area (TPSA) is 29.5 Å². The van der Waals surface area contributed by atoms with Crippen LogP contribution >= 0.6 is 0 Å². The largest absolute Gasteiger partial charge is 0.427 e. The normalized spacial score (nSPS) is 19.8. The van der Waals surface area contributed by atoms with Crippen molar-refractivity contribution in [1.82, 2.24) is 0 Å². The molecule has 2 atom stereocenters. The van der Waals surface area contributed by atoms with Crippen LogP contribution in [0.3, 0.4) is 0 Å². The van der Waals surface area contributed by atoms with Crippen molar-refractivity contribution in [2.24, 2.45) is 5.92 Å². The Morgan fingerprint density at radius 3 is 2.29 bits per heavy atom. The molecule has 0 bridgehead atoms. The number of hydrogen-bond donors (Lipinski definition) is 1. The summed E-state index contributed by atoms with van der Waals surface area (Å²) in [4.78, 5) is 0. The van der Waals surface area contributed by atoms with Crippen LogP contribution < -0.4 is 5.46 Å². The summed E-state index contributed by atoms with van der Waals surface area (Å²) in [5.74, 6) is 4.08. The molecule has 2 nitrogen and oxygen atoms in total. The van der Waals surface area contributed by atoms with E-state index in [1.807, 2.05) is 20.8 Å². The van der Waals surface area contributed by atoms with Gasteiger partial charge < -0.3 is 9.76 Å². The van der Waals surface area contributed by atoms with Crippen LogP contribution in [0.1, 0.15) is 96.9 Å². The molecule has 2 aromatic rings. The lowest BCUT2D eigenvalue weighted by Gasteiger charge is -2.37. The molecular formula is C31H40BO2. The highest BCUT2D eigenvalue weighted by atomic mass is 16.5. The summed E-state index contributed by atoms with van der Waals surface area (Å²) in [5, 5.41) is 10.4. The molecular weight excluding hydrogens is 415 g/mol. The van der Waals surface area contributed by atoms with Crippen molar-refractivity contribution in [3.05, 3.63) is 58.7 Å². The van der Waals surface area contributed by atoms with Crippen LogP contribution in [-0.2, 0) is 10.1 Å². The van der Waals surface area contributed by atoms with Crippen molar-refractivity contribution in [3.63, 3.8) is 0 Å². The lowest BCUT2D eigenvalue weighted by molar-refractivity contribution is -0.0893. The van der Waals surface area contributed by atoms with E-state index in [1.54, 1.807) is 21.3 Å². The molecule has 1 radical (unpaired) electrons. The van der Waals surface area contributed by atoms with Crippen LogP contribution in [0.25, 0.3) is 17.2 Å². The van der Waals surface area contributed by atoms with Gasteiger partial charge in [0.15, 0.2) is 0 Å². The van der Waals surface area contributed by atoms with Gasteiger partial charge in [-0.25, -0.2) is 0 Å². The van der Waals surface area contributed by atoms with Gasteiger partial charge in [0.2, 0.25) is 0 Å². The first-order chi connectivity index (χ1) is 15.8. The maximum Gasteiger partial charge on any atom is 0.330 e. The highest BCUT2D eigenvalue weighted by Gasteiger charge is 2.44. The molecule has 2 aromatic carbocycles. The lowest BCUT2D eigenvalue weighted by Crippen LogP contribution is -2.49. The highest BCUT2D eigenvalue weighted by Crippen LogP contribution is 2.54. The molecule has 1 N–H and O–H groups in total. The molecule has 0 saturated carbocycles. The van der Waals surface area contributed by atoms with E-state index in [4.69, 9.17) is 11.1 Å². The van der Waals surface area contributed by atoms with Gasteiger partial charge in [0.25, 0.3) is 0 Å². The Morgan fingerprint density at radius 2 is 1.79 bits per heavy atom. The van der Waals surface area contributed by atoms with Crippen molar-refractivity contribution in [3.8, 4) is 23.5 Å². The number of allylic oxidation sites excluding steroid dienone is 1. The Bertz CT molecular complexity index is 1110. The molecule has 1 aliphatic carbocycles. The molecule has 1 aliphatic rings.